The molecule has 0 fully saturated rings. The number of halogens is 1. The minimum Gasteiger partial charge on any atom is -0.233 e. The molecule has 0 saturated heterocycles. The normalized spacial score (nSPS) is 10.6. The van der Waals surface area contributed by atoms with Crippen molar-refractivity contribution in [2.45, 2.75) is 27.2 Å². The Morgan fingerprint density at radius 1 is 1.18 bits per heavy atom. The van der Waals surface area contributed by atoms with E-state index in [9.17, 15) is 0 Å². The van der Waals surface area contributed by atoms with Crippen molar-refractivity contribution in [3.8, 4) is 11.3 Å². The van der Waals surface area contributed by atoms with Crippen LogP contribution in [0.5, 0.6) is 0 Å². The van der Waals surface area contributed by atoms with E-state index >= 15 is 0 Å². The zero-order chi connectivity index (χ0) is 12.4. The monoisotopic (exact) mass is 246 g/mol. The van der Waals surface area contributed by atoms with Gasteiger partial charge in [0.15, 0.2) is 0 Å². The molecule has 0 N–H and O–H groups in total. The summed E-state index contributed by atoms with van der Waals surface area (Å²) in [4.78, 5) is 8.71. The number of rotatable bonds is 2. The quantitative estimate of drug-likeness (QED) is 0.750. The average Bonchev–Trinajstić information content (AvgIpc) is 2.31. The second-order valence-corrected chi connectivity index (χ2v) is 4.48. The van der Waals surface area contributed by atoms with Crippen molar-refractivity contribution in [3.63, 3.8) is 0 Å². The maximum Gasteiger partial charge on any atom is 0.133 e. The maximum atomic E-state index is 6.02. The molecule has 1 heterocycles. The van der Waals surface area contributed by atoms with Gasteiger partial charge in [-0.3, -0.25) is 0 Å². The smallest absolute Gasteiger partial charge is 0.133 e. The van der Waals surface area contributed by atoms with Gasteiger partial charge in [0, 0.05) is 18.1 Å². The Labute approximate surface area is 107 Å². The van der Waals surface area contributed by atoms with Crippen LogP contribution < -0.4 is 0 Å². The fraction of sp³-hybridized carbons (Fsp3) is 0.286. The van der Waals surface area contributed by atoms with Crippen LogP contribution in [-0.4, -0.2) is 9.97 Å². The van der Waals surface area contributed by atoms with Crippen LogP contribution in [0.25, 0.3) is 11.3 Å². The van der Waals surface area contributed by atoms with Crippen molar-refractivity contribution in [1.29, 1.82) is 0 Å². The first-order chi connectivity index (χ1) is 8.11. The summed E-state index contributed by atoms with van der Waals surface area (Å²) in [6.07, 6.45) is 0.790. The van der Waals surface area contributed by atoms with E-state index in [2.05, 4.69) is 35.9 Å². The van der Waals surface area contributed by atoms with Gasteiger partial charge in [0.1, 0.15) is 11.0 Å². The topological polar surface area (TPSA) is 25.8 Å². The molecular formula is C14H15ClN2. The molecule has 88 valence electrons. The van der Waals surface area contributed by atoms with Crippen LogP contribution in [0.2, 0.25) is 5.15 Å². The minimum absolute atomic E-state index is 0.507. The van der Waals surface area contributed by atoms with E-state index in [0.29, 0.717) is 5.15 Å². The number of hydrogen-bond donors (Lipinski definition) is 0. The molecule has 0 bridgehead atoms. The maximum absolute atomic E-state index is 6.02. The Balaban J connectivity index is 2.60. The predicted molar refractivity (Wildman–Crippen MR) is 71.3 cm³/mol. The largest absolute Gasteiger partial charge is 0.233 e. The zero-order valence-corrected chi connectivity index (χ0v) is 11.0. The fourth-order valence-electron chi connectivity index (χ4n) is 1.79. The van der Waals surface area contributed by atoms with Crippen LogP contribution in [-0.2, 0) is 6.42 Å². The predicted octanol–water partition coefficient (Wildman–Crippen LogP) is 3.98. The lowest BCUT2D eigenvalue weighted by Crippen LogP contribution is -1.97. The van der Waals surface area contributed by atoms with Crippen LogP contribution in [0.4, 0.5) is 0 Å². The Morgan fingerprint density at radius 2 is 1.94 bits per heavy atom. The Bertz CT molecular complexity index is 550. The molecule has 0 unspecified atom stereocenters. The summed E-state index contributed by atoms with van der Waals surface area (Å²) in [5, 5.41) is 0.507. The lowest BCUT2D eigenvalue weighted by atomic mass is 10.0. The molecule has 2 rings (SSSR count). The molecule has 0 spiro atoms. The second kappa shape index (κ2) is 4.84. The number of nitrogens with zero attached hydrogens (tertiary/aromatic N) is 2. The molecular weight excluding hydrogens is 232 g/mol. The summed E-state index contributed by atoms with van der Waals surface area (Å²) >= 11 is 6.02. The molecule has 1 aromatic carbocycles. The van der Waals surface area contributed by atoms with Crippen LogP contribution in [0.15, 0.2) is 24.3 Å². The van der Waals surface area contributed by atoms with Crippen LogP contribution in [0.3, 0.4) is 0 Å². The zero-order valence-electron chi connectivity index (χ0n) is 10.3. The summed E-state index contributed by atoms with van der Waals surface area (Å²) < 4.78 is 0. The molecule has 17 heavy (non-hydrogen) atoms. The lowest BCUT2D eigenvalue weighted by Gasteiger charge is -2.09. The second-order valence-electron chi connectivity index (χ2n) is 4.09. The summed E-state index contributed by atoms with van der Waals surface area (Å²) in [5.74, 6) is 0.786. The SMILES string of the molecule is CCc1nc(Cl)cc(-c2cccc(C)c2C)n1. The van der Waals surface area contributed by atoms with Crippen molar-refractivity contribution in [1.82, 2.24) is 9.97 Å². The summed E-state index contributed by atoms with van der Waals surface area (Å²) in [6, 6.07) is 8.03. The molecule has 1 aromatic heterocycles. The van der Waals surface area contributed by atoms with Crippen molar-refractivity contribution in [2.24, 2.45) is 0 Å². The highest BCUT2D eigenvalue weighted by Gasteiger charge is 2.08. The molecule has 0 aliphatic carbocycles. The third kappa shape index (κ3) is 2.47. The molecule has 0 aliphatic heterocycles. The molecule has 0 atom stereocenters. The Kier molecular flexibility index (Phi) is 3.43. The first-order valence-electron chi connectivity index (χ1n) is 5.72. The molecule has 0 aliphatic rings. The van der Waals surface area contributed by atoms with Crippen LogP contribution in [0, 0.1) is 13.8 Å². The van der Waals surface area contributed by atoms with E-state index in [1.807, 2.05) is 19.1 Å². The number of hydrogen-bond acceptors (Lipinski definition) is 2. The molecule has 0 saturated carbocycles. The van der Waals surface area contributed by atoms with Gasteiger partial charge in [-0.15, -0.1) is 0 Å². The van der Waals surface area contributed by atoms with E-state index in [0.717, 1.165) is 23.5 Å². The number of aryl methyl sites for hydroxylation is 2. The highest BCUT2D eigenvalue weighted by molar-refractivity contribution is 6.29. The first kappa shape index (κ1) is 12.1. The fourth-order valence-corrected chi connectivity index (χ4v) is 1.99. The number of aromatic nitrogens is 2. The molecule has 0 amide bonds. The van der Waals surface area contributed by atoms with Gasteiger partial charge >= 0.3 is 0 Å². The van der Waals surface area contributed by atoms with Gasteiger partial charge in [-0.1, -0.05) is 36.7 Å². The van der Waals surface area contributed by atoms with Gasteiger partial charge in [-0.2, -0.15) is 0 Å². The van der Waals surface area contributed by atoms with Crippen LogP contribution in [0.1, 0.15) is 23.9 Å². The van der Waals surface area contributed by atoms with E-state index in [1.54, 1.807) is 0 Å². The van der Waals surface area contributed by atoms with Gasteiger partial charge in [0.25, 0.3) is 0 Å². The van der Waals surface area contributed by atoms with Gasteiger partial charge in [-0.25, -0.2) is 9.97 Å². The molecule has 3 heteroatoms. The van der Waals surface area contributed by atoms with Crippen LogP contribution >= 0.6 is 11.6 Å². The van der Waals surface area contributed by atoms with Gasteiger partial charge in [0.2, 0.25) is 0 Å². The Hall–Kier alpha value is -1.41. The van der Waals surface area contributed by atoms with E-state index in [-0.39, 0.29) is 0 Å². The van der Waals surface area contributed by atoms with E-state index < -0.39 is 0 Å². The summed E-state index contributed by atoms with van der Waals surface area (Å²) in [6.45, 7) is 6.23. The number of benzene rings is 1. The standard InChI is InChI=1S/C14H15ClN2/c1-4-14-16-12(8-13(15)17-14)11-7-5-6-9(2)10(11)3/h5-8H,4H2,1-3H3. The third-order valence-electron chi connectivity index (χ3n) is 2.94. The van der Waals surface area contributed by atoms with Crippen molar-refractivity contribution in [3.05, 3.63) is 46.4 Å². The Morgan fingerprint density at radius 3 is 2.65 bits per heavy atom. The third-order valence-corrected chi connectivity index (χ3v) is 3.13. The van der Waals surface area contributed by atoms with Gasteiger partial charge in [-0.05, 0) is 25.0 Å². The van der Waals surface area contributed by atoms with E-state index in [1.165, 1.54) is 11.1 Å². The summed E-state index contributed by atoms with van der Waals surface area (Å²) in [5.41, 5.74) is 4.53. The average molecular weight is 247 g/mol. The lowest BCUT2D eigenvalue weighted by molar-refractivity contribution is 0.943. The molecule has 2 aromatic rings. The summed E-state index contributed by atoms with van der Waals surface area (Å²) in [7, 11) is 0. The minimum atomic E-state index is 0.507. The van der Waals surface area contributed by atoms with Crippen molar-refractivity contribution >= 4 is 11.6 Å². The van der Waals surface area contributed by atoms with Gasteiger partial charge < -0.3 is 0 Å². The highest BCUT2D eigenvalue weighted by Crippen LogP contribution is 2.25. The van der Waals surface area contributed by atoms with Crippen molar-refractivity contribution < 1.29 is 0 Å². The highest BCUT2D eigenvalue weighted by atomic mass is 35.5. The van der Waals surface area contributed by atoms with Gasteiger partial charge in [0.05, 0.1) is 5.69 Å². The van der Waals surface area contributed by atoms with E-state index in [4.69, 9.17) is 11.6 Å². The van der Waals surface area contributed by atoms with Crippen molar-refractivity contribution in [2.75, 3.05) is 0 Å². The molecule has 0 radical (unpaired) electrons. The first-order valence-corrected chi connectivity index (χ1v) is 6.09. The molecule has 2 nitrogen and oxygen atoms in total.